The molecule has 1 aromatic carbocycles. The van der Waals surface area contributed by atoms with Gasteiger partial charge >= 0.3 is 0 Å². The molecule has 1 N–H and O–H groups in total. The Morgan fingerprint density at radius 3 is 2.76 bits per heavy atom. The summed E-state index contributed by atoms with van der Waals surface area (Å²) < 4.78 is 1.65. The lowest BCUT2D eigenvalue weighted by molar-refractivity contribution is 0.102. The number of nitrogens with one attached hydrogen (secondary N) is 1. The summed E-state index contributed by atoms with van der Waals surface area (Å²) in [5.74, 6) is -0.141. The van der Waals surface area contributed by atoms with E-state index in [0.29, 0.717) is 10.2 Å². The molecule has 3 nitrogen and oxygen atoms in total. The van der Waals surface area contributed by atoms with Gasteiger partial charge < -0.3 is 5.32 Å². The van der Waals surface area contributed by atoms with Crippen molar-refractivity contribution in [3.05, 3.63) is 56.3 Å². The van der Waals surface area contributed by atoms with Crippen molar-refractivity contribution in [1.29, 1.82) is 0 Å². The Kier molecular flexibility index (Phi) is 4.11. The van der Waals surface area contributed by atoms with E-state index in [2.05, 4.69) is 48.8 Å². The number of carbonyl (C=O) groups is 1. The highest BCUT2D eigenvalue weighted by Crippen LogP contribution is 2.18. The number of para-hydroxylation sites is 1. The fraction of sp³-hybridized carbons (Fsp3) is 0. The third-order valence-electron chi connectivity index (χ3n) is 2.11. The zero-order chi connectivity index (χ0) is 12.3. The van der Waals surface area contributed by atoms with Crippen LogP contribution in [0.15, 0.2) is 47.2 Å². The summed E-state index contributed by atoms with van der Waals surface area (Å²) in [5, 5.41) is 2.86. The molecule has 1 amide bonds. The van der Waals surface area contributed by atoms with Crippen LogP contribution in [-0.4, -0.2) is 10.9 Å². The standard InChI is InChI=1S/C12H8BrIN2O/c13-11-7-8(5-6-15-11)12(17)16-10-4-2-1-3-9(10)14/h1-7H,(H,16,17). The number of pyridine rings is 1. The summed E-state index contributed by atoms with van der Waals surface area (Å²) in [6, 6.07) is 11.0. The molecule has 0 aliphatic carbocycles. The molecular formula is C12H8BrIN2O. The number of nitrogens with zero attached hydrogens (tertiary/aromatic N) is 1. The molecule has 1 heterocycles. The van der Waals surface area contributed by atoms with Gasteiger partial charge in [0.2, 0.25) is 0 Å². The summed E-state index contributed by atoms with van der Waals surface area (Å²) >= 11 is 5.42. The molecule has 0 fully saturated rings. The second-order valence-corrected chi connectivity index (χ2v) is 5.28. The van der Waals surface area contributed by atoms with Crippen molar-refractivity contribution in [2.24, 2.45) is 0 Å². The Balaban J connectivity index is 2.20. The number of amides is 1. The maximum atomic E-state index is 12.0. The van der Waals surface area contributed by atoms with Gasteiger partial charge in [0, 0.05) is 15.3 Å². The number of benzene rings is 1. The molecule has 0 spiro atoms. The Labute approximate surface area is 121 Å². The van der Waals surface area contributed by atoms with Crippen LogP contribution in [0.25, 0.3) is 0 Å². The first-order valence-electron chi connectivity index (χ1n) is 4.84. The second-order valence-electron chi connectivity index (χ2n) is 3.30. The van der Waals surface area contributed by atoms with Crippen molar-refractivity contribution in [3.8, 4) is 0 Å². The van der Waals surface area contributed by atoms with Gasteiger partial charge in [-0.1, -0.05) is 12.1 Å². The van der Waals surface area contributed by atoms with Gasteiger partial charge in [0.1, 0.15) is 4.60 Å². The minimum absolute atomic E-state index is 0.141. The van der Waals surface area contributed by atoms with Crippen LogP contribution in [0, 0.1) is 3.57 Å². The molecule has 0 atom stereocenters. The van der Waals surface area contributed by atoms with Crippen LogP contribution in [0.3, 0.4) is 0 Å². The van der Waals surface area contributed by atoms with E-state index in [0.717, 1.165) is 9.26 Å². The summed E-state index contributed by atoms with van der Waals surface area (Å²) in [7, 11) is 0. The number of aromatic nitrogens is 1. The molecular weight excluding hydrogens is 395 g/mol. The van der Waals surface area contributed by atoms with Gasteiger partial charge in [0.15, 0.2) is 0 Å². The van der Waals surface area contributed by atoms with Crippen LogP contribution < -0.4 is 5.32 Å². The normalized spacial score (nSPS) is 10.0. The molecule has 2 aromatic rings. The van der Waals surface area contributed by atoms with Crippen molar-refractivity contribution < 1.29 is 4.79 Å². The monoisotopic (exact) mass is 402 g/mol. The van der Waals surface area contributed by atoms with Crippen LogP contribution in [-0.2, 0) is 0 Å². The van der Waals surface area contributed by atoms with Gasteiger partial charge in [-0.05, 0) is 62.8 Å². The van der Waals surface area contributed by atoms with Crippen molar-refractivity contribution in [1.82, 2.24) is 4.98 Å². The number of halogens is 2. The largest absolute Gasteiger partial charge is 0.321 e. The fourth-order valence-corrected chi connectivity index (χ4v) is 2.19. The molecule has 0 radical (unpaired) electrons. The number of anilines is 1. The Morgan fingerprint density at radius 2 is 2.06 bits per heavy atom. The molecule has 0 saturated heterocycles. The lowest BCUT2D eigenvalue weighted by Gasteiger charge is -2.07. The van der Waals surface area contributed by atoms with E-state index in [9.17, 15) is 4.79 Å². The predicted octanol–water partition coefficient (Wildman–Crippen LogP) is 3.70. The molecule has 17 heavy (non-hydrogen) atoms. The van der Waals surface area contributed by atoms with Gasteiger partial charge in [-0.15, -0.1) is 0 Å². The first-order chi connectivity index (χ1) is 8.16. The van der Waals surface area contributed by atoms with E-state index in [1.165, 1.54) is 0 Å². The third kappa shape index (κ3) is 3.26. The van der Waals surface area contributed by atoms with Crippen molar-refractivity contribution in [3.63, 3.8) is 0 Å². The van der Waals surface area contributed by atoms with Gasteiger partial charge in [0.25, 0.3) is 5.91 Å². The Morgan fingerprint density at radius 1 is 1.29 bits per heavy atom. The summed E-state index contributed by atoms with van der Waals surface area (Å²) in [6.45, 7) is 0. The molecule has 0 aliphatic rings. The average Bonchev–Trinajstić information content (AvgIpc) is 2.32. The lowest BCUT2D eigenvalue weighted by Crippen LogP contribution is -2.12. The van der Waals surface area contributed by atoms with Crippen LogP contribution in [0.1, 0.15) is 10.4 Å². The minimum Gasteiger partial charge on any atom is -0.321 e. The van der Waals surface area contributed by atoms with E-state index in [4.69, 9.17) is 0 Å². The van der Waals surface area contributed by atoms with E-state index in [1.807, 2.05) is 24.3 Å². The number of hydrogen-bond donors (Lipinski definition) is 1. The highest BCUT2D eigenvalue weighted by atomic mass is 127. The maximum Gasteiger partial charge on any atom is 0.255 e. The molecule has 1 aromatic heterocycles. The lowest BCUT2D eigenvalue weighted by atomic mass is 10.2. The van der Waals surface area contributed by atoms with Crippen LogP contribution in [0.4, 0.5) is 5.69 Å². The zero-order valence-corrected chi connectivity index (χ0v) is 12.4. The van der Waals surface area contributed by atoms with Crippen molar-refractivity contribution >= 4 is 50.1 Å². The van der Waals surface area contributed by atoms with Gasteiger partial charge in [-0.2, -0.15) is 0 Å². The number of rotatable bonds is 2. The van der Waals surface area contributed by atoms with Crippen LogP contribution >= 0.6 is 38.5 Å². The number of hydrogen-bond acceptors (Lipinski definition) is 2. The quantitative estimate of drug-likeness (QED) is 0.614. The topological polar surface area (TPSA) is 42.0 Å². The highest BCUT2D eigenvalue weighted by molar-refractivity contribution is 14.1. The Bertz CT molecular complexity index is 560. The summed E-state index contributed by atoms with van der Waals surface area (Å²) in [4.78, 5) is 15.9. The van der Waals surface area contributed by atoms with E-state index in [-0.39, 0.29) is 5.91 Å². The average molecular weight is 403 g/mol. The highest BCUT2D eigenvalue weighted by Gasteiger charge is 2.08. The first-order valence-corrected chi connectivity index (χ1v) is 6.71. The summed E-state index contributed by atoms with van der Waals surface area (Å²) in [6.07, 6.45) is 1.59. The molecule has 2 rings (SSSR count). The van der Waals surface area contributed by atoms with Gasteiger partial charge in [0.05, 0.1) is 5.69 Å². The van der Waals surface area contributed by atoms with Gasteiger partial charge in [-0.25, -0.2) is 4.98 Å². The van der Waals surface area contributed by atoms with E-state index >= 15 is 0 Å². The number of carbonyl (C=O) groups excluding carboxylic acids is 1. The molecule has 86 valence electrons. The molecule has 0 aliphatic heterocycles. The molecule has 0 unspecified atom stereocenters. The van der Waals surface area contributed by atoms with Crippen molar-refractivity contribution in [2.45, 2.75) is 0 Å². The Hall–Kier alpha value is -0.950. The predicted molar refractivity (Wildman–Crippen MR) is 79.0 cm³/mol. The molecule has 0 bridgehead atoms. The smallest absolute Gasteiger partial charge is 0.255 e. The second kappa shape index (κ2) is 5.59. The van der Waals surface area contributed by atoms with Crippen LogP contribution in [0.2, 0.25) is 0 Å². The van der Waals surface area contributed by atoms with Gasteiger partial charge in [-0.3, -0.25) is 4.79 Å². The zero-order valence-electron chi connectivity index (χ0n) is 8.65. The SMILES string of the molecule is O=C(Nc1ccccc1I)c1ccnc(Br)c1. The van der Waals surface area contributed by atoms with E-state index in [1.54, 1.807) is 18.3 Å². The van der Waals surface area contributed by atoms with E-state index < -0.39 is 0 Å². The first kappa shape index (κ1) is 12.5. The minimum atomic E-state index is -0.141. The maximum absolute atomic E-state index is 12.0. The molecule has 5 heteroatoms. The van der Waals surface area contributed by atoms with Crippen LogP contribution in [0.5, 0.6) is 0 Å². The third-order valence-corrected chi connectivity index (χ3v) is 3.49. The fourth-order valence-electron chi connectivity index (χ4n) is 1.30. The van der Waals surface area contributed by atoms with Crippen molar-refractivity contribution in [2.75, 3.05) is 5.32 Å². The summed E-state index contributed by atoms with van der Waals surface area (Å²) in [5.41, 5.74) is 1.39. The molecule has 0 saturated carbocycles.